The van der Waals surface area contributed by atoms with Gasteiger partial charge in [0.15, 0.2) is 0 Å². The molecule has 1 aromatic carbocycles. The van der Waals surface area contributed by atoms with Crippen LogP contribution < -0.4 is 15.2 Å². The Labute approximate surface area is 149 Å². The Morgan fingerprint density at radius 1 is 1.27 bits per heavy atom. The van der Waals surface area contributed by atoms with E-state index in [1.807, 2.05) is 36.4 Å². The number of H-pyrrole nitrogens is 1. The van der Waals surface area contributed by atoms with Crippen molar-refractivity contribution in [3.8, 4) is 29.0 Å². The third-order valence-corrected chi connectivity index (χ3v) is 4.34. The fraction of sp³-hybridized carbons (Fsp3) is 0.105. The van der Waals surface area contributed by atoms with E-state index in [0.717, 1.165) is 28.1 Å². The zero-order valence-corrected chi connectivity index (χ0v) is 13.9. The summed E-state index contributed by atoms with van der Waals surface area (Å²) in [7, 11) is 1.61. The highest BCUT2D eigenvalue weighted by molar-refractivity contribution is 5.71. The molecule has 1 atom stereocenters. The number of ether oxygens (including phenoxy) is 2. The maximum atomic E-state index is 9.67. The summed E-state index contributed by atoms with van der Waals surface area (Å²) in [6, 6.07) is 13.5. The minimum atomic E-state index is -0.397. The van der Waals surface area contributed by atoms with Crippen LogP contribution in [-0.2, 0) is 0 Å². The average Bonchev–Trinajstić information content (AvgIpc) is 3.10. The Hall–Kier alpha value is -3.79. The van der Waals surface area contributed by atoms with E-state index in [2.05, 4.69) is 21.3 Å². The lowest BCUT2D eigenvalue weighted by Gasteiger charge is -2.24. The Morgan fingerprint density at radius 2 is 2.08 bits per heavy atom. The number of hydrogen-bond donors (Lipinski definition) is 2. The second-order valence-corrected chi connectivity index (χ2v) is 5.75. The number of nitriles is 1. The van der Waals surface area contributed by atoms with Crippen LogP contribution in [0.1, 0.15) is 17.0 Å². The first-order valence-electron chi connectivity index (χ1n) is 7.93. The Morgan fingerprint density at radius 3 is 2.81 bits per heavy atom. The lowest BCUT2D eigenvalue weighted by Crippen LogP contribution is -2.21. The minimum absolute atomic E-state index is 0.0607. The topological polar surface area (TPSA) is 110 Å². The number of nitrogens with one attached hydrogen (secondary N) is 1. The van der Waals surface area contributed by atoms with E-state index in [4.69, 9.17) is 15.2 Å². The number of nitrogens with zero attached hydrogens (tertiary/aromatic N) is 3. The Bertz CT molecular complexity index is 1030. The van der Waals surface area contributed by atoms with Crippen molar-refractivity contribution in [2.24, 2.45) is 5.73 Å². The van der Waals surface area contributed by atoms with E-state index in [-0.39, 0.29) is 5.88 Å². The normalized spacial score (nSPS) is 15.8. The van der Waals surface area contributed by atoms with Crippen LogP contribution in [0, 0.1) is 11.3 Å². The first-order valence-corrected chi connectivity index (χ1v) is 7.93. The first-order chi connectivity index (χ1) is 12.7. The van der Waals surface area contributed by atoms with Crippen LogP contribution in [0.15, 0.2) is 60.2 Å². The molecule has 7 heteroatoms. The fourth-order valence-corrected chi connectivity index (χ4v) is 3.13. The molecule has 4 rings (SSSR count). The van der Waals surface area contributed by atoms with Crippen LogP contribution in [-0.4, -0.2) is 22.3 Å². The molecule has 0 fully saturated rings. The lowest BCUT2D eigenvalue weighted by atomic mass is 9.83. The smallest absolute Gasteiger partial charge is 0.244 e. The fourth-order valence-electron chi connectivity index (χ4n) is 3.13. The number of rotatable bonds is 3. The highest BCUT2D eigenvalue weighted by atomic mass is 16.5. The minimum Gasteiger partial charge on any atom is -0.497 e. The molecule has 1 aliphatic heterocycles. The van der Waals surface area contributed by atoms with Gasteiger partial charge in [0.05, 0.1) is 24.3 Å². The zero-order valence-electron chi connectivity index (χ0n) is 13.9. The molecule has 128 valence electrons. The van der Waals surface area contributed by atoms with Crippen molar-refractivity contribution >= 4 is 0 Å². The molecule has 3 aromatic rings. The van der Waals surface area contributed by atoms with E-state index in [0.29, 0.717) is 11.5 Å². The Kier molecular flexibility index (Phi) is 3.78. The molecule has 0 saturated heterocycles. The molecule has 3 N–H and O–H groups in total. The van der Waals surface area contributed by atoms with E-state index in [1.165, 1.54) is 0 Å². The van der Waals surface area contributed by atoms with Gasteiger partial charge in [0.25, 0.3) is 0 Å². The van der Waals surface area contributed by atoms with Crippen molar-refractivity contribution in [2.75, 3.05) is 7.11 Å². The van der Waals surface area contributed by atoms with Crippen LogP contribution in [0.2, 0.25) is 0 Å². The van der Waals surface area contributed by atoms with Gasteiger partial charge in [-0.2, -0.15) is 5.26 Å². The molecule has 0 bridgehead atoms. The SMILES string of the molecule is COc1cccc(-c2[nH]nc3c2[C@@H](c2ccncc2)C(C#N)=C(N)O3)c1. The summed E-state index contributed by atoms with van der Waals surface area (Å²) >= 11 is 0. The second-order valence-electron chi connectivity index (χ2n) is 5.75. The quantitative estimate of drug-likeness (QED) is 0.755. The van der Waals surface area contributed by atoms with Crippen LogP contribution in [0.4, 0.5) is 0 Å². The standard InChI is InChI=1S/C19H15N5O2/c1-25-13-4-2-3-12(9-13)17-16-15(11-5-7-22-8-6-11)14(10-20)18(21)26-19(16)24-23-17/h2-9,15H,21H2,1H3,(H,23,24)/t15-/m0/s1. The summed E-state index contributed by atoms with van der Waals surface area (Å²) in [5.74, 6) is 0.747. The van der Waals surface area contributed by atoms with E-state index >= 15 is 0 Å². The van der Waals surface area contributed by atoms with Crippen LogP contribution >= 0.6 is 0 Å². The summed E-state index contributed by atoms with van der Waals surface area (Å²) in [6.45, 7) is 0. The summed E-state index contributed by atoms with van der Waals surface area (Å²) in [4.78, 5) is 4.06. The monoisotopic (exact) mass is 345 g/mol. The molecule has 3 heterocycles. The van der Waals surface area contributed by atoms with Crippen molar-refractivity contribution in [1.82, 2.24) is 15.2 Å². The van der Waals surface area contributed by atoms with Gasteiger partial charge in [0, 0.05) is 18.0 Å². The summed E-state index contributed by atoms with van der Waals surface area (Å²) in [5.41, 5.74) is 9.58. The van der Waals surface area contributed by atoms with Crippen LogP contribution in [0.3, 0.4) is 0 Å². The van der Waals surface area contributed by atoms with Gasteiger partial charge in [0.1, 0.15) is 17.4 Å². The number of aromatic amines is 1. The van der Waals surface area contributed by atoms with E-state index in [1.54, 1.807) is 19.5 Å². The molecule has 0 radical (unpaired) electrons. The number of nitrogens with two attached hydrogens (primary N) is 1. The van der Waals surface area contributed by atoms with Crippen molar-refractivity contribution < 1.29 is 9.47 Å². The highest BCUT2D eigenvalue weighted by Gasteiger charge is 2.35. The molecule has 0 amide bonds. The molecular formula is C19H15N5O2. The van der Waals surface area contributed by atoms with Crippen molar-refractivity contribution in [3.63, 3.8) is 0 Å². The molecule has 7 nitrogen and oxygen atoms in total. The van der Waals surface area contributed by atoms with Gasteiger partial charge in [-0.1, -0.05) is 12.1 Å². The van der Waals surface area contributed by atoms with Gasteiger partial charge in [-0.25, -0.2) is 0 Å². The predicted octanol–water partition coefficient (Wildman–Crippen LogP) is 2.70. The maximum Gasteiger partial charge on any atom is 0.244 e. The third kappa shape index (κ3) is 2.45. The molecule has 1 aliphatic rings. The molecule has 0 unspecified atom stereocenters. The number of hydrogen-bond acceptors (Lipinski definition) is 6. The van der Waals surface area contributed by atoms with Crippen LogP contribution in [0.5, 0.6) is 11.6 Å². The van der Waals surface area contributed by atoms with Crippen molar-refractivity contribution in [2.45, 2.75) is 5.92 Å². The van der Waals surface area contributed by atoms with Crippen LogP contribution in [0.25, 0.3) is 11.3 Å². The zero-order chi connectivity index (χ0) is 18.1. The number of pyridine rings is 1. The third-order valence-electron chi connectivity index (χ3n) is 4.34. The van der Waals surface area contributed by atoms with Gasteiger partial charge in [-0.05, 0) is 29.8 Å². The van der Waals surface area contributed by atoms with Gasteiger partial charge >= 0.3 is 0 Å². The average molecular weight is 345 g/mol. The van der Waals surface area contributed by atoms with E-state index in [9.17, 15) is 5.26 Å². The second kappa shape index (κ2) is 6.26. The molecular weight excluding hydrogens is 330 g/mol. The van der Waals surface area contributed by atoms with Gasteiger partial charge in [0.2, 0.25) is 11.8 Å². The predicted molar refractivity (Wildman–Crippen MR) is 94.1 cm³/mol. The largest absolute Gasteiger partial charge is 0.497 e. The van der Waals surface area contributed by atoms with Crippen molar-refractivity contribution in [1.29, 1.82) is 5.26 Å². The summed E-state index contributed by atoms with van der Waals surface area (Å²) in [6.07, 6.45) is 3.36. The van der Waals surface area contributed by atoms with E-state index < -0.39 is 5.92 Å². The van der Waals surface area contributed by atoms with Crippen molar-refractivity contribution in [3.05, 3.63) is 71.4 Å². The Balaban J connectivity index is 1.94. The van der Waals surface area contributed by atoms with Gasteiger partial charge < -0.3 is 15.2 Å². The number of benzene rings is 1. The van der Waals surface area contributed by atoms with Gasteiger partial charge in [-0.15, -0.1) is 5.10 Å². The highest BCUT2D eigenvalue weighted by Crippen LogP contribution is 2.45. The first kappa shape index (κ1) is 15.7. The maximum absolute atomic E-state index is 9.67. The number of aromatic nitrogens is 3. The summed E-state index contributed by atoms with van der Waals surface area (Å²) < 4.78 is 10.9. The lowest BCUT2D eigenvalue weighted by molar-refractivity contribution is 0.379. The summed E-state index contributed by atoms with van der Waals surface area (Å²) in [5, 5.41) is 16.9. The molecule has 0 aliphatic carbocycles. The number of fused-ring (bicyclic) bond motifs is 1. The molecule has 26 heavy (non-hydrogen) atoms. The molecule has 0 saturated carbocycles. The number of methoxy groups -OCH3 is 1. The molecule has 2 aromatic heterocycles. The number of allylic oxidation sites excluding steroid dienone is 1. The van der Waals surface area contributed by atoms with Gasteiger partial charge in [-0.3, -0.25) is 10.1 Å². The molecule has 0 spiro atoms.